The number of amides is 7. The van der Waals surface area contributed by atoms with Crippen LogP contribution in [0.25, 0.3) is 22.3 Å². The monoisotopic (exact) mass is 1280 g/mol. The number of anilines is 1. The summed E-state index contributed by atoms with van der Waals surface area (Å²) in [4.78, 5) is 105. The zero-order chi connectivity index (χ0) is 67.5. The minimum atomic E-state index is -2.32. The van der Waals surface area contributed by atoms with Crippen LogP contribution >= 0.6 is 0 Å². The predicted octanol–water partition coefficient (Wildman–Crippen LogP) is 0.197. The van der Waals surface area contributed by atoms with Gasteiger partial charge in [0.2, 0.25) is 35.4 Å². The van der Waals surface area contributed by atoms with E-state index in [9.17, 15) is 74.4 Å². The van der Waals surface area contributed by atoms with Crippen molar-refractivity contribution in [3.63, 3.8) is 0 Å². The van der Waals surface area contributed by atoms with E-state index in [4.69, 9.17) is 4.74 Å². The van der Waals surface area contributed by atoms with Gasteiger partial charge in [0.15, 0.2) is 0 Å². The number of phenols is 1. The highest BCUT2D eigenvalue weighted by Crippen LogP contribution is 2.32. The zero-order valence-electron chi connectivity index (χ0n) is 53.7. The maximum atomic E-state index is 14.9. The van der Waals surface area contributed by atoms with E-state index in [-0.39, 0.29) is 41.7 Å². The maximum absolute atomic E-state index is 14.9. The van der Waals surface area contributed by atoms with Crippen molar-refractivity contribution in [3.05, 3.63) is 102 Å². The summed E-state index contributed by atoms with van der Waals surface area (Å²) in [6.07, 6.45) is -12.3. The van der Waals surface area contributed by atoms with Crippen LogP contribution in [-0.2, 0) is 28.8 Å². The molecule has 0 bridgehead atoms. The first-order valence-electron chi connectivity index (χ1n) is 31.4. The lowest BCUT2D eigenvalue weighted by molar-refractivity contribution is -0.869. The molecule has 3 aliphatic heterocycles. The first-order valence-corrected chi connectivity index (χ1v) is 31.4. The van der Waals surface area contributed by atoms with E-state index in [1.54, 1.807) is 26.0 Å². The van der Waals surface area contributed by atoms with Crippen molar-refractivity contribution in [2.45, 2.75) is 165 Å². The molecular formula is C66H93N10O16+. The molecule has 26 nitrogen and oxygen atoms in total. The van der Waals surface area contributed by atoms with Gasteiger partial charge in [-0.05, 0) is 98.3 Å². The molecule has 3 fully saturated rings. The van der Waals surface area contributed by atoms with Gasteiger partial charge in [0, 0.05) is 50.0 Å². The van der Waals surface area contributed by atoms with Gasteiger partial charge >= 0.3 is 0 Å². The number of carbonyl (C=O) groups is 7. The highest BCUT2D eigenvalue weighted by atomic mass is 16.5. The molecule has 15 atom stereocenters. The number of fused-ring (bicyclic) bond motifs is 2. The van der Waals surface area contributed by atoms with E-state index in [2.05, 4.69) is 44.1 Å². The predicted molar refractivity (Wildman–Crippen MR) is 341 cm³/mol. The van der Waals surface area contributed by atoms with Gasteiger partial charge in [0.05, 0.1) is 70.5 Å². The highest BCUT2D eigenvalue weighted by Gasteiger charge is 2.50. The Hall–Kier alpha value is -7.79. The lowest BCUT2D eigenvalue weighted by Gasteiger charge is -2.34. The Bertz CT molecular complexity index is 3180. The fraction of sp³-hybridized carbons (Fsp3) is 0.530. The largest absolute Gasteiger partial charge is 0.506 e. The zero-order valence-corrected chi connectivity index (χ0v) is 53.7. The molecule has 502 valence electrons. The Morgan fingerprint density at radius 3 is 1.79 bits per heavy atom. The number of phenolic OH excluding ortho intramolecular Hbond substituents is 1. The van der Waals surface area contributed by atoms with Gasteiger partial charge in [0.1, 0.15) is 66.1 Å². The van der Waals surface area contributed by atoms with Crippen LogP contribution in [0.3, 0.4) is 0 Å². The van der Waals surface area contributed by atoms with Crippen LogP contribution in [0, 0.1) is 5.92 Å². The summed E-state index contributed by atoms with van der Waals surface area (Å²) in [7, 11) is 5.65. The lowest BCUT2D eigenvalue weighted by Crippen LogP contribution is -2.64. The third-order valence-electron chi connectivity index (χ3n) is 16.8. The molecule has 7 rings (SSSR count). The van der Waals surface area contributed by atoms with Crippen molar-refractivity contribution < 1.29 is 83.6 Å². The Labute approximate surface area is 536 Å². The molecule has 0 radical (unpaired) electrons. The van der Waals surface area contributed by atoms with Crippen molar-refractivity contribution in [1.82, 2.24) is 41.7 Å². The minimum Gasteiger partial charge on any atom is -0.506 e. The van der Waals surface area contributed by atoms with Gasteiger partial charge in [0.25, 0.3) is 5.91 Å². The Morgan fingerprint density at radius 2 is 1.23 bits per heavy atom. The first-order chi connectivity index (χ1) is 43.5. The molecule has 92 heavy (non-hydrogen) atoms. The molecule has 0 unspecified atom stereocenters. The Kier molecular flexibility index (Phi) is 24.7. The number of hydrogen-bond acceptors (Lipinski definition) is 18. The number of unbranched alkanes of at least 4 members (excludes halogenated alkanes) is 2. The summed E-state index contributed by atoms with van der Waals surface area (Å²) in [5.41, 5.74) is 3.62. The number of likely N-dealkylation sites (N-methyl/N-ethyl adjacent to an activating group) is 1. The number of quaternary nitrogens is 1. The fourth-order valence-electron chi connectivity index (χ4n) is 11.5. The number of hydrogen-bond donors (Lipinski definition) is 15. The number of aliphatic hydroxyl groups excluding tert-OH is 7. The van der Waals surface area contributed by atoms with E-state index in [0.717, 1.165) is 70.9 Å². The summed E-state index contributed by atoms with van der Waals surface area (Å²) in [5, 5.41) is 111. The first kappa shape index (κ1) is 71.6. The third-order valence-corrected chi connectivity index (χ3v) is 16.8. The number of aromatic hydroxyl groups is 1. The number of benzene rings is 4. The maximum Gasteiger partial charge on any atom is 0.251 e. The summed E-state index contributed by atoms with van der Waals surface area (Å²) in [6.45, 7) is 9.75. The molecule has 0 spiro atoms. The molecule has 0 saturated carbocycles. The van der Waals surface area contributed by atoms with Crippen LogP contribution < -0.4 is 42.0 Å². The second kappa shape index (κ2) is 31.7. The van der Waals surface area contributed by atoms with Crippen LogP contribution in [0.1, 0.15) is 95.7 Å². The van der Waals surface area contributed by atoms with Crippen molar-refractivity contribution >= 4 is 47.0 Å². The average molecular weight is 1280 g/mol. The molecule has 15 N–H and O–H groups in total. The second-order valence-electron chi connectivity index (χ2n) is 25.8. The number of carbonyl (C=O) groups excluding carboxylic acids is 7. The Balaban J connectivity index is 1.24. The number of ether oxygens (including phenoxy) is 1. The van der Waals surface area contributed by atoms with Crippen LogP contribution in [0.4, 0.5) is 5.69 Å². The van der Waals surface area contributed by atoms with Gasteiger partial charge in [-0.2, -0.15) is 0 Å². The molecule has 0 aliphatic carbocycles. The van der Waals surface area contributed by atoms with E-state index in [1.165, 1.54) is 37.3 Å². The molecular weight excluding hydrogens is 1190 g/mol. The van der Waals surface area contributed by atoms with Gasteiger partial charge < -0.3 is 91.8 Å². The number of rotatable bonds is 20. The molecule has 3 aliphatic rings. The molecule has 3 saturated heterocycles. The van der Waals surface area contributed by atoms with E-state index >= 15 is 0 Å². The van der Waals surface area contributed by atoms with Gasteiger partial charge in [-0.25, -0.2) is 0 Å². The van der Waals surface area contributed by atoms with Crippen LogP contribution in [0.2, 0.25) is 0 Å². The van der Waals surface area contributed by atoms with Gasteiger partial charge in [-0.3, -0.25) is 38.9 Å². The fourth-order valence-corrected chi connectivity index (χ4v) is 11.5. The molecule has 26 heteroatoms. The third kappa shape index (κ3) is 18.3. The van der Waals surface area contributed by atoms with Crippen LogP contribution in [0.15, 0.2) is 91.0 Å². The number of aliphatic hydroxyl groups is 7. The molecule has 4 aromatic carbocycles. The summed E-state index contributed by atoms with van der Waals surface area (Å²) in [6, 6.07) is 14.1. The average Bonchev–Trinajstić information content (AvgIpc) is 1.60. The number of nitrogens with one attached hydrogen (secondary N) is 7. The number of nitrogens with zero attached hydrogens (tertiary/aromatic N) is 3. The topological polar surface area (TPSA) is 381 Å². The van der Waals surface area contributed by atoms with Crippen molar-refractivity contribution in [2.75, 3.05) is 59.2 Å². The second-order valence-corrected chi connectivity index (χ2v) is 25.8. The molecule has 3 heterocycles. The van der Waals surface area contributed by atoms with Gasteiger partial charge in [-0.1, -0.05) is 81.3 Å². The molecule has 7 amide bonds. The van der Waals surface area contributed by atoms with Crippen molar-refractivity contribution in [2.24, 2.45) is 5.92 Å². The quantitative estimate of drug-likeness (QED) is 0.0319. The van der Waals surface area contributed by atoms with E-state index in [0.29, 0.717) is 17.6 Å². The van der Waals surface area contributed by atoms with E-state index < -0.39 is 152 Å². The SMILES string of the molecule is CCCCCOc1ccc(-c2ccc(-c3ccc(C(=O)N[C@H]4C[C@@H](O)[C@@H](NCC[N+](C)(C)C)NC(=O)[C@@H]5[C@@H](O)[C@@H](C)CN5C(=O)[C@H]([C@@H](C)O)NC(=O)[C@H]([C@H](O)[C@@H](O)c5ccc(O)c(NC(C)C)c5)NC(=O)[C@@H]5C[C@@H](O)CN5C(=O)[C@H]([C@@H](C)O)NC4=O)cc3)cc2)cc1. The molecule has 0 aromatic heterocycles. The normalized spacial score (nSPS) is 26.1. The van der Waals surface area contributed by atoms with Crippen LogP contribution in [0.5, 0.6) is 11.5 Å². The highest BCUT2D eigenvalue weighted by molar-refractivity contribution is 6.00. The molecule has 4 aromatic rings. The lowest BCUT2D eigenvalue weighted by atomic mass is 9.96. The van der Waals surface area contributed by atoms with Crippen LogP contribution in [-0.4, -0.2) is 235 Å². The van der Waals surface area contributed by atoms with Crippen molar-refractivity contribution in [1.29, 1.82) is 0 Å². The summed E-state index contributed by atoms with van der Waals surface area (Å²) in [5.74, 6) is -8.11. The summed E-state index contributed by atoms with van der Waals surface area (Å²) >= 11 is 0. The van der Waals surface area contributed by atoms with Gasteiger partial charge in [-0.15, -0.1) is 0 Å². The summed E-state index contributed by atoms with van der Waals surface area (Å²) < 4.78 is 6.27. The van der Waals surface area contributed by atoms with E-state index in [1.807, 2.05) is 69.7 Å². The Morgan fingerprint density at radius 1 is 0.674 bits per heavy atom. The van der Waals surface area contributed by atoms with Crippen molar-refractivity contribution in [3.8, 4) is 33.8 Å². The minimum absolute atomic E-state index is 0.0606. The standard InChI is InChI=1S/C66H92N10O16/c1-10-11-12-29-92-46-24-21-42(22-25-46)40-15-13-39(14-16-40)41-17-19-43(20-18-41)60(85)69-48-32-51(81)59(67-27-28-76(7,8)9)73-64(89)55-56(82)36(4)33-75(55)66(91)53(38(6)78)71-63(88)54(58(84)57(83)44-23-26-50(80)47(30-44)68-35(2)3)72-62(87)49-31-45(79)34-74(49)65(90)52(37(5)77)70-61(48)86/h13-26,30,35-38,45,48-49,51-59,67-68,77-79,81-84H,10-12,27-29,31-34H2,1-9H3,(H5-,69,70,71,72,73,80,85,86,87,88,89)/p+1/t36-,37+,38+,45+,48-,49-,51+,52-,53-,54-,55-,56-,57-,58-,59-/m0/s1. The smallest absolute Gasteiger partial charge is 0.251 e.